The molecule has 2 aromatic rings. The van der Waals surface area contributed by atoms with Crippen LogP contribution in [-0.4, -0.2) is 0 Å². The number of halogens is 2. The van der Waals surface area contributed by atoms with Crippen molar-refractivity contribution in [2.45, 2.75) is 26.8 Å². The van der Waals surface area contributed by atoms with E-state index >= 15 is 0 Å². The van der Waals surface area contributed by atoms with Crippen molar-refractivity contribution in [2.75, 3.05) is 5.32 Å². The fraction of sp³-hybridized carbons (Fsp3) is 0.286. The van der Waals surface area contributed by atoms with E-state index in [9.17, 15) is 0 Å². The maximum absolute atomic E-state index is 6.17. The first-order valence-corrected chi connectivity index (χ1v) is 7.33. The summed E-state index contributed by atoms with van der Waals surface area (Å²) < 4.78 is 1.48. The average Bonchev–Trinajstić information content (AvgIpc) is 2.64. The summed E-state index contributed by atoms with van der Waals surface area (Å²) >= 11 is 13.6. The SMILES string of the molecule is Cc1cccc(NC(C)c2cc(Cl)sc2Cl)c1C. The Balaban J connectivity index is 2.24. The minimum Gasteiger partial charge on any atom is -0.378 e. The molecule has 0 bridgehead atoms. The summed E-state index contributed by atoms with van der Waals surface area (Å²) in [4.78, 5) is 0. The van der Waals surface area contributed by atoms with Crippen molar-refractivity contribution in [3.8, 4) is 0 Å². The molecule has 0 amide bonds. The molecule has 0 aliphatic heterocycles. The minimum atomic E-state index is 0.141. The Morgan fingerprint density at radius 2 is 1.94 bits per heavy atom. The van der Waals surface area contributed by atoms with Crippen LogP contribution in [0.5, 0.6) is 0 Å². The molecule has 0 saturated heterocycles. The molecule has 96 valence electrons. The Morgan fingerprint density at radius 3 is 2.56 bits per heavy atom. The van der Waals surface area contributed by atoms with Gasteiger partial charge in [0.15, 0.2) is 0 Å². The number of aryl methyl sites for hydroxylation is 1. The van der Waals surface area contributed by atoms with Crippen LogP contribution in [0.25, 0.3) is 0 Å². The van der Waals surface area contributed by atoms with Gasteiger partial charge in [-0.05, 0) is 44.0 Å². The summed E-state index contributed by atoms with van der Waals surface area (Å²) in [6, 6.07) is 8.32. The molecule has 0 spiro atoms. The third-order valence-corrected chi connectivity index (χ3v) is 4.64. The van der Waals surface area contributed by atoms with Gasteiger partial charge in [-0.3, -0.25) is 0 Å². The van der Waals surface area contributed by atoms with Crippen molar-refractivity contribution in [1.29, 1.82) is 0 Å². The number of hydrogen-bond acceptors (Lipinski definition) is 2. The quantitative estimate of drug-likeness (QED) is 0.750. The van der Waals surface area contributed by atoms with Gasteiger partial charge in [0.2, 0.25) is 0 Å². The first-order valence-electron chi connectivity index (χ1n) is 5.76. The van der Waals surface area contributed by atoms with Crippen LogP contribution >= 0.6 is 34.5 Å². The predicted octanol–water partition coefficient (Wildman–Crippen LogP) is 5.84. The minimum absolute atomic E-state index is 0.141. The summed E-state index contributed by atoms with van der Waals surface area (Å²) in [6.45, 7) is 6.32. The third-order valence-electron chi connectivity index (χ3n) is 3.13. The Hall–Kier alpha value is -0.700. The number of rotatable bonds is 3. The molecule has 1 N–H and O–H groups in total. The first kappa shape index (κ1) is 13.7. The molecule has 2 rings (SSSR count). The second-order valence-electron chi connectivity index (χ2n) is 4.39. The van der Waals surface area contributed by atoms with Gasteiger partial charge in [-0.2, -0.15) is 0 Å². The van der Waals surface area contributed by atoms with Crippen LogP contribution in [-0.2, 0) is 0 Å². The fourth-order valence-electron chi connectivity index (χ4n) is 1.87. The second-order valence-corrected chi connectivity index (χ2v) is 6.68. The highest BCUT2D eigenvalue weighted by atomic mass is 35.5. The van der Waals surface area contributed by atoms with Crippen LogP contribution in [0.15, 0.2) is 24.3 Å². The zero-order valence-electron chi connectivity index (χ0n) is 10.6. The van der Waals surface area contributed by atoms with Crippen molar-refractivity contribution in [3.63, 3.8) is 0 Å². The number of benzene rings is 1. The number of thiophene rings is 1. The van der Waals surface area contributed by atoms with Crippen molar-refractivity contribution in [2.24, 2.45) is 0 Å². The van der Waals surface area contributed by atoms with Crippen LogP contribution in [0.1, 0.15) is 29.7 Å². The van der Waals surface area contributed by atoms with Gasteiger partial charge in [0.1, 0.15) is 0 Å². The molecule has 0 aliphatic rings. The number of hydrogen-bond donors (Lipinski definition) is 1. The zero-order valence-corrected chi connectivity index (χ0v) is 12.9. The average molecular weight is 300 g/mol. The summed E-state index contributed by atoms with van der Waals surface area (Å²) in [6.07, 6.45) is 0. The van der Waals surface area contributed by atoms with Gasteiger partial charge in [0.05, 0.1) is 14.7 Å². The van der Waals surface area contributed by atoms with Gasteiger partial charge in [0, 0.05) is 11.3 Å². The lowest BCUT2D eigenvalue weighted by atomic mass is 10.1. The van der Waals surface area contributed by atoms with Crippen molar-refractivity contribution in [3.05, 3.63) is 49.6 Å². The van der Waals surface area contributed by atoms with Crippen LogP contribution in [0.2, 0.25) is 8.67 Å². The van der Waals surface area contributed by atoms with E-state index in [0.717, 1.165) is 19.9 Å². The predicted molar refractivity (Wildman–Crippen MR) is 82.3 cm³/mol. The van der Waals surface area contributed by atoms with Gasteiger partial charge in [-0.25, -0.2) is 0 Å². The Bertz CT molecular complexity index is 563. The Kier molecular flexibility index (Phi) is 4.21. The second kappa shape index (κ2) is 5.52. The lowest BCUT2D eigenvalue weighted by molar-refractivity contribution is 0.888. The van der Waals surface area contributed by atoms with Crippen molar-refractivity contribution >= 4 is 40.2 Å². The summed E-state index contributed by atoms with van der Waals surface area (Å²) in [5.41, 5.74) is 4.73. The van der Waals surface area contributed by atoms with Gasteiger partial charge < -0.3 is 5.32 Å². The normalized spacial score (nSPS) is 12.5. The molecule has 1 aromatic carbocycles. The molecular formula is C14H15Cl2NS. The maximum Gasteiger partial charge on any atom is 0.0996 e. The zero-order chi connectivity index (χ0) is 13.3. The van der Waals surface area contributed by atoms with E-state index in [4.69, 9.17) is 23.2 Å². The molecule has 0 radical (unpaired) electrons. The summed E-state index contributed by atoms with van der Waals surface area (Å²) in [5, 5.41) is 3.49. The standard InChI is InChI=1S/C14H15Cl2NS/c1-8-5-4-6-12(9(8)2)17-10(3)11-7-13(15)18-14(11)16/h4-7,10,17H,1-3H3. The van der Waals surface area contributed by atoms with Crippen LogP contribution in [0, 0.1) is 13.8 Å². The summed E-state index contributed by atoms with van der Waals surface area (Å²) in [7, 11) is 0. The molecule has 1 atom stereocenters. The van der Waals surface area contributed by atoms with Crippen LogP contribution in [0.4, 0.5) is 5.69 Å². The van der Waals surface area contributed by atoms with Crippen LogP contribution in [0.3, 0.4) is 0 Å². The Labute approximate surface area is 122 Å². The van der Waals surface area contributed by atoms with E-state index in [2.05, 4.69) is 44.3 Å². The van der Waals surface area contributed by atoms with E-state index in [1.165, 1.54) is 22.5 Å². The van der Waals surface area contributed by atoms with Gasteiger partial charge in [-0.15, -0.1) is 11.3 Å². The molecular weight excluding hydrogens is 285 g/mol. The molecule has 1 heterocycles. The topological polar surface area (TPSA) is 12.0 Å². The molecule has 0 saturated carbocycles. The van der Waals surface area contributed by atoms with Gasteiger partial charge in [-0.1, -0.05) is 35.3 Å². The highest BCUT2D eigenvalue weighted by molar-refractivity contribution is 7.20. The number of nitrogens with one attached hydrogen (secondary N) is 1. The lowest BCUT2D eigenvalue weighted by Crippen LogP contribution is -2.07. The monoisotopic (exact) mass is 299 g/mol. The number of anilines is 1. The smallest absolute Gasteiger partial charge is 0.0996 e. The van der Waals surface area contributed by atoms with E-state index in [0.29, 0.717) is 0 Å². The van der Waals surface area contributed by atoms with E-state index in [-0.39, 0.29) is 6.04 Å². The fourth-order valence-corrected chi connectivity index (χ4v) is 3.51. The van der Waals surface area contributed by atoms with Crippen molar-refractivity contribution in [1.82, 2.24) is 0 Å². The molecule has 1 unspecified atom stereocenters. The van der Waals surface area contributed by atoms with Gasteiger partial charge in [0.25, 0.3) is 0 Å². The molecule has 0 aliphatic carbocycles. The van der Waals surface area contributed by atoms with E-state index in [1.807, 2.05) is 6.07 Å². The van der Waals surface area contributed by atoms with E-state index < -0.39 is 0 Å². The molecule has 1 aromatic heterocycles. The van der Waals surface area contributed by atoms with Gasteiger partial charge >= 0.3 is 0 Å². The molecule has 4 heteroatoms. The largest absolute Gasteiger partial charge is 0.378 e. The van der Waals surface area contributed by atoms with E-state index in [1.54, 1.807) is 0 Å². The maximum atomic E-state index is 6.17. The van der Waals surface area contributed by atoms with Crippen LogP contribution < -0.4 is 5.32 Å². The molecule has 0 fully saturated rings. The third kappa shape index (κ3) is 2.82. The Morgan fingerprint density at radius 1 is 1.22 bits per heavy atom. The molecule has 1 nitrogen and oxygen atoms in total. The lowest BCUT2D eigenvalue weighted by Gasteiger charge is -2.17. The van der Waals surface area contributed by atoms with Crippen molar-refractivity contribution < 1.29 is 0 Å². The highest BCUT2D eigenvalue weighted by Gasteiger charge is 2.14. The highest BCUT2D eigenvalue weighted by Crippen LogP contribution is 2.36. The first-order chi connectivity index (χ1) is 8.49. The summed E-state index contributed by atoms with van der Waals surface area (Å²) in [5.74, 6) is 0. The molecule has 18 heavy (non-hydrogen) atoms.